The Morgan fingerprint density at radius 2 is 2.05 bits per heavy atom. The third kappa shape index (κ3) is 3.57. The normalized spacial score (nSPS) is 14.7. The topological polar surface area (TPSA) is 84.7 Å². The summed E-state index contributed by atoms with van der Waals surface area (Å²) in [5.74, 6) is 1.92. The fraction of sp³-hybridized carbons (Fsp3) is 0.583. The first kappa shape index (κ1) is 14.0. The monoisotopic (exact) mass is 308 g/mol. The molecule has 0 radical (unpaired) electrons. The predicted octanol–water partition coefficient (Wildman–Crippen LogP) is 0.908. The van der Waals surface area contributed by atoms with E-state index >= 15 is 0 Å². The van der Waals surface area contributed by atoms with Gasteiger partial charge in [-0.05, 0) is 24.4 Å². The third-order valence-corrected chi connectivity index (χ3v) is 3.43. The summed E-state index contributed by atoms with van der Waals surface area (Å²) in [6.45, 7) is 2.58. The lowest BCUT2D eigenvalue weighted by atomic mass is 10.4. The van der Waals surface area contributed by atoms with Crippen LogP contribution in [0.15, 0.2) is 6.33 Å². The largest absolute Gasteiger partial charge is 0.354 e. The quantitative estimate of drug-likeness (QED) is 0.878. The highest BCUT2D eigenvalue weighted by atomic mass is 35.5. The molecule has 8 nitrogen and oxygen atoms in total. The highest BCUT2D eigenvalue weighted by Gasteiger charge is 2.16. The van der Waals surface area contributed by atoms with Gasteiger partial charge in [-0.25, -0.2) is 4.98 Å². The van der Waals surface area contributed by atoms with Crippen LogP contribution in [0, 0.1) is 0 Å². The first-order valence-electron chi connectivity index (χ1n) is 6.95. The molecule has 1 fully saturated rings. The molecule has 112 valence electrons. The fourth-order valence-electron chi connectivity index (χ4n) is 2.26. The van der Waals surface area contributed by atoms with Crippen LogP contribution in [0.3, 0.4) is 0 Å². The molecule has 0 unspecified atom stereocenters. The van der Waals surface area contributed by atoms with E-state index in [1.165, 1.54) is 0 Å². The minimum Gasteiger partial charge on any atom is -0.354 e. The first-order chi connectivity index (χ1) is 10.2. The Hall–Kier alpha value is -1.96. The number of halogens is 1. The van der Waals surface area contributed by atoms with Crippen LogP contribution >= 0.6 is 11.6 Å². The molecule has 1 saturated heterocycles. The van der Waals surface area contributed by atoms with Crippen molar-refractivity contribution in [3.63, 3.8) is 0 Å². The van der Waals surface area contributed by atoms with Crippen LogP contribution in [0.1, 0.15) is 18.7 Å². The van der Waals surface area contributed by atoms with Gasteiger partial charge in [0, 0.05) is 33.1 Å². The van der Waals surface area contributed by atoms with Gasteiger partial charge in [0.2, 0.25) is 17.2 Å². The number of rotatable bonds is 5. The van der Waals surface area contributed by atoms with Crippen LogP contribution in [0.4, 0.5) is 11.9 Å². The standard InChI is InChI=1S/C12H17ClN8/c1-20-8-15-9(19-20)4-5-14-11-16-10(13)17-12(18-11)21-6-2-3-7-21/h8H,2-7H2,1H3,(H,14,16,17,18). The van der Waals surface area contributed by atoms with Gasteiger partial charge in [-0.3, -0.25) is 4.68 Å². The van der Waals surface area contributed by atoms with E-state index in [0.717, 1.165) is 31.8 Å². The van der Waals surface area contributed by atoms with Crippen LogP contribution in [0.2, 0.25) is 5.28 Å². The lowest BCUT2D eigenvalue weighted by molar-refractivity contribution is 0.741. The third-order valence-electron chi connectivity index (χ3n) is 3.26. The number of aromatic nitrogens is 6. The average Bonchev–Trinajstić information content (AvgIpc) is 3.10. The van der Waals surface area contributed by atoms with E-state index in [1.807, 2.05) is 7.05 Å². The summed E-state index contributed by atoms with van der Waals surface area (Å²) in [4.78, 5) is 19.0. The highest BCUT2D eigenvalue weighted by molar-refractivity contribution is 6.28. The molecular formula is C12H17ClN8. The number of hydrogen-bond acceptors (Lipinski definition) is 7. The summed E-state index contributed by atoms with van der Waals surface area (Å²) in [6.07, 6.45) is 4.71. The minimum absolute atomic E-state index is 0.213. The highest BCUT2D eigenvalue weighted by Crippen LogP contribution is 2.18. The molecule has 21 heavy (non-hydrogen) atoms. The Kier molecular flexibility index (Phi) is 4.14. The van der Waals surface area contributed by atoms with Crippen molar-refractivity contribution >= 4 is 23.5 Å². The van der Waals surface area contributed by atoms with Crippen LogP contribution < -0.4 is 10.2 Å². The Balaban J connectivity index is 1.61. The van der Waals surface area contributed by atoms with Gasteiger partial charge in [0.25, 0.3) is 0 Å². The van der Waals surface area contributed by atoms with Gasteiger partial charge in [-0.15, -0.1) is 0 Å². The Bertz CT molecular complexity index is 607. The molecule has 0 saturated carbocycles. The van der Waals surface area contributed by atoms with E-state index in [4.69, 9.17) is 11.6 Å². The molecule has 0 aliphatic carbocycles. The van der Waals surface area contributed by atoms with E-state index in [0.29, 0.717) is 24.9 Å². The Labute approximate surface area is 127 Å². The van der Waals surface area contributed by atoms with Crippen LogP contribution in [0.25, 0.3) is 0 Å². The Morgan fingerprint density at radius 1 is 1.24 bits per heavy atom. The maximum absolute atomic E-state index is 5.97. The molecule has 2 aromatic heterocycles. The SMILES string of the molecule is Cn1cnc(CCNc2nc(Cl)nc(N3CCCC3)n2)n1. The van der Waals surface area contributed by atoms with Crippen molar-refractivity contribution in [2.24, 2.45) is 7.05 Å². The lowest BCUT2D eigenvalue weighted by Gasteiger charge is -2.15. The molecule has 9 heteroatoms. The van der Waals surface area contributed by atoms with Crippen molar-refractivity contribution < 1.29 is 0 Å². The van der Waals surface area contributed by atoms with Crippen molar-refractivity contribution in [1.82, 2.24) is 29.7 Å². The maximum Gasteiger partial charge on any atom is 0.231 e. The fourth-order valence-corrected chi connectivity index (χ4v) is 2.42. The molecule has 0 amide bonds. The number of nitrogens with one attached hydrogen (secondary N) is 1. The smallest absolute Gasteiger partial charge is 0.231 e. The molecule has 3 rings (SSSR count). The lowest BCUT2D eigenvalue weighted by Crippen LogP contribution is -2.21. The number of hydrogen-bond donors (Lipinski definition) is 1. The van der Waals surface area contributed by atoms with Crippen molar-refractivity contribution in [3.05, 3.63) is 17.4 Å². The summed E-state index contributed by atoms with van der Waals surface area (Å²) in [5, 5.41) is 7.58. The number of anilines is 2. The molecule has 1 aliphatic heterocycles. The van der Waals surface area contributed by atoms with E-state index in [-0.39, 0.29) is 5.28 Å². The van der Waals surface area contributed by atoms with Crippen molar-refractivity contribution in [2.45, 2.75) is 19.3 Å². The zero-order valence-electron chi connectivity index (χ0n) is 11.8. The molecular weight excluding hydrogens is 292 g/mol. The summed E-state index contributed by atoms with van der Waals surface area (Å²) in [6, 6.07) is 0. The van der Waals surface area contributed by atoms with Crippen molar-refractivity contribution in [2.75, 3.05) is 29.9 Å². The predicted molar refractivity (Wildman–Crippen MR) is 79.5 cm³/mol. The number of nitrogens with zero attached hydrogens (tertiary/aromatic N) is 7. The molecule has 0 bridgehead atoms. The number of aryl methyl sites for hydroxylation is 1. The summed E-state index contributed by atoms with van der Waals surface area (Å²) in [5.41, 5.74) is 0. The minimum atomic E-state index is 0.213. The van der Waals surface area contributed by atoms with Gasteiger partial charge < -0.3 is 10.2 Å². The average molecular weight is 309 g/mol. The zero-order chi connectivity index (χ0) is 14.7. The van der Waals surface area contributed by atoms with Crippen molar-refractivity contribution in [1.29, 1.82) is 0 Å². The zero-order valence-corrected chi connectivity index (χ0v) is 12.6. The Morgan fingerprint density at radius 3 is 2.76 bits per heavy atom. The van der Waals surface area contributed by atoms with Gasteiger partial charge in [-0.2, -0.15) is 20.1 Å². The van der Waals surface area contributed by atoms with Crippen LogP contribution in [-0.4, -0.2) is 49.4 Å². The van der Waals surface area contributed by atoms with Gasteiger partial charge in [0.1, 0.15) is 6.33 Å². The van der Waals surface area contributed by atoms with E-state index in [9.17, 15) is 0 Å². The van der Waals surface area contributed by atoms with Gasteiger partial charge in [0.05, 0.1) is 0 Å². The first-order valence-corrected chi connectivity index (χ1v) is 7.33. The van der Waals surface area contributed by atoms with Crippen LogP contribution in [-0.2, 0) is 13.5 Å². The van der Waals surface area contributed by atoms with E-state index < -0.39 is 0 Å². The molecule has 0 spiro atoms. The summed E-state index contributed by atoms with van der Waals surface area (Å²) >= 11 is 5.97. The second-order valence-electron chi connectivity index (χ2n) is 4.93. The second-order valence-corrected chi connectivity index (χ2v) is 5.27. The molecule has 1 aliphatic rings. The maximum atomic E-state index is 5.97. The van der Waals surface area contributed by atoms with Gasteiger partial charge in [0.15, 0.2) is 5.82 Å². The summed E-state index contributed by atoms with van der Waals surface area (Å²) < 4.78 is 1.68. The van der Waals surface area contributed by atoms with Gasteiger partial charge >= 0.3 is 0 Å². The second kappa shape index (κ2) is 6.21. The van der Waals surface area contributed by atoms with Gasteiger partial charge in [-0.1, -0.05) is 0 Å². The molecule has 0 atom stereocenters. The van der Waals surface area contributed by atoms with Crippen LogP contribution in [0.5, 0.6) is 0 Å². The van der Waals surface area contributed by atoms with E-state index in [1.54, 1.807) is 11.0 Å². The van der Waals surface area contributed by atoms with Crippen molar-refractivity contribution in [3.8, 4) is 0 Å². The van der Waals surface area contributed by atoms with E-state index in [2.05, 4.69) is 35.3 Å². The molecule has 3 heterocycles. The summed E-state index contributed by atoms with van der Waals surface area (Å²) in [7, 11) is 1.85. The molecule has 1 N–H and O–H groups in total. The molecule has 2 aromatic rings. The molecule has 0 aromatic carbocycles.